The van der Waals surface area contributed by atoms with Crippen molar-refractivity contribution in [2.45, 2.75) is 39.2 Å². The number of likely N-dealkylation sites (tertiary alicyclic amines) is 1. The molecule has 0 bridgehead atoms. The van der Waals surface area contributed by atoms with Crippen molar-refractivity contribution in [1.29, 1.82) is 0 Å². The van der Waals surface area contributed by atoms with E-state index < -0.39 is 0 Å². The van der Waals surface area contributed by atoms with Crippen molar-refractivity contribution >= 4 is 27.7 Å². The lowest BCUT2D eigenvalue weighted by Gasteiger charge is -2.29. The number of halogens is 1. The van der Waals surface area contributed by atoms with Crippen LogP contribution in [0.1, 0.15) is 31.9 Å². The molecule has 19 heavy (non-hydrogen) atoms. The molecule has 0 saturated carbocycles. The maximum Gasteiger partial charge on any atom is 0.244 e. The molecule has 2 rings (SSSR count). The lowest BCUT2D eigenvalue weighted by atomic mass is 10.1. The van der Waals surface area contributed by atoms with Crippen LogP contribution in [0.25, 0.3) is 0 Å². The van der Waals surface area contributed by atoms with Crippen LogP contribution >= 0.6 is 15.9 Å². The second-order valence-corrected chi connectivity index (χ2v) is 5.87. The summed E-state index contributed by atoms with van der Waals surface area (Å²) >= 11 is 3.42. The van der Waals surface area contributed by atoms with E-state index in [2.05, 4.69) is 26.2 Å². The normalized spacial score (nSPS) is 17.1. The van der Waals surface area contributed by atoms with Crippen molar-refractivity contribution < 1.29 is 4.79 Å². The average molecular weight is 326 g/mol. The van der Waals surface area contributed by atoms with Gasteiger partial charge in [0.25, 0.3) is 0 Å². The van der Waals surface area contributed by atoms with E-state index in [1.807, 2.05) is 30.9 Å². The number of anilines is 1. The van der Waals surface area contributed by atoms with Gasteiger partial charge in [-0.3, -0.25) is 4.79 Å². The number of rotatable bonds is 3. The Morgan fingerprint density at radius 3 is 2.68 bits per heavy atom. The van der Waals surface area contributed by atoms with Gasteiger partial charge in [0.1, 0.15) is 11.9 Å². The number of aromatic nitrogens is 1. The lowest BCUT2D eigenvalue weighted by molar-refractivity contribution is -0.132. The summed E-state index contributed by atoms with van der Waals surface area (Å²) in [6.07, 6.45) is 3.47. The van der Waals surface area contributed by atoms with Crippen molar-refractivity contribution in [3.8, 4) is 0 Å². The highest BCUT2D eigenvalue weighted by molar-refractivity contribution is 9.10. The molecule has 0 spiro atoms. The Morgan fingerprint density at radius 2 is 2.05 bits per heavy atom. The fourth-order valence-corrected chi connectivity index (χ4v) is 2.52. The second kappa shape index (κ2) is 6.37. The molecule has 2 heterocycles. The summed E-state index contributed by atoms with van der Waals surface area (Å²) in [6.45, 7) is 5.61. The van der Waals surface area contributed by atoms with Crippen molar-refractivity contribution in [3.63, 3.8) is 0 Å². The Morgan fingerprint density at radius 1 is 1.37 bits per heavy atom. The molecule has 1 fully saturated rings. The van der Waals surface area contributed by atoms with Gasteiger partial charge in [0.2, 0.25) is 5.91 Å². The fourth-order valence-electron chi connectivity index (χ4n) is 2.30. The van der Waals surface area contributed by atoms with Crippen LogP contribution in [-0.2, 0) is 4.79 Å². The van der Waals surface area contributed by atoms with E-state index in [0.29, 0.717) is 0 Å². The minimum atomic E-state index is -0.230. The summed E-state index contributed by atoms with van der Waals surface area (Å²) in [4.78, 5) is 18.6. The molecule has 1 amide bonds. The second-order valence-electron chi connectivity index (χ2n) is 5.02. The van der Waals surface area contributed by atoms with Crippen molar-refractivity contribution in [3.05, 3.63) is 22.3 Å². The fraction of sp³-hybridized carbons (Fsp3) is 0.571. The summed E-state index contributed by atoms with van der Waals surface area (Å²) in [7, 11) is 0. The van der Waals surface area contributed by atoms with Gasteiger partial charge in [0, 0.05) is 17.6 Å². The Kier molecular flexibility index (Phi) is 4.80. The van der Waals surface area contributed by atoms with E-state index in [-0.39, 0.29) is 11.9 Å². The molecular formula is C14H20BrN3O. The summed E-state index contributed by atoms with van der Waals surface area (Å²) < 4.78 is 0.980. The van der Waals surface area contributed by atoms with Crippen LogP contribution in [0.15, 0.2) is 16.6 Å². The van der Waals surface area contributed by atoms with Crippen molar-refractivity contribution in [2.75, 3.05) is 18.4 Å². The zero-order chi connectivity index (χ0) is 13.8. The van der Waals surface area contributed by atoms with Gasteiger partial charge in [-0.25, -0.2) is 4.98 Å². The van der Waals surface area contributed by atoms with Gasteiger partial charge >= 0.3 is 0 Å². The van der Waals surface area contributed by atoms with Crippen LogP contribution in [0.3, 0.4) is 0 Å². The molecule has 1 aromatic heterocycles. The minimum Gasteiger partial charge on any atom is -0.359 e. The van der Waals surface area contributed by atoms with Crippen molar-refractivity contribution in [1.82, 2.24) is 9.88 Å². The van der Waals surface area contributed by atoms with Gasteiger partial charge in [-0.05, 0) is 61.2 Å². The Labute approximate surface area is 122 Å². The monoisotopic (exact) mass is 325 g/mol. The highest BCUT2D eigenvalue weighted by atomic mass is 79.9. The first kappa shape index (κ1) is 14.3. The molecule has 1 unspecified atom stereocenters. The number of aryl methyl sites for hydroxylation is 1. The zero-order valence-electron chi connectivity index (χ0n) is 11.4. The Bertz CT molecular complexity index is 458. The highest BCUT2D eigenvalue weighted by Crippen LogP contribution is 2.17. The van der Waals surface area contributed by atoms with Gasteiger partial charge < -0.3 is 10.2 Å². The number of carbonyl (C=O) groups is 1. The first-order chi connectivity index (χ1) is 9.08. The molecule has 104 valence electrons. The van der Waals surface area contributed by atoms with E-state index in [9.17, 15) is 4.79 Å². The van der Waals surface area contributed by atoms with E-state index in [1.54, 1.807) is 0 Å². The molecule has 4 nitrogen and oxygen atoms in total. The van der Waals surface area contributed by atoms with Crippen LogP contribution in [-0.4, -0.2) is 34.9 Å². The predicted molar refractivity (Wildman–Crippen MR) is 80.2 cm³/mol. The number of hydrogen-bond acceptors (Lipinski definition) is 3. The topological polar surface area (TPSA) is 45.2 Å². The predicted octanol–water partition coefficient (Wildman–Crippen LogP) is 2.97. The van der Waals surface area contributed by atoms with Crippen LogP contribution in [0.2, 0.25) is 0 Å². The zero-order valence-corrected chi connectivity index (χ0v) is 13.0. The summed E-state index contributed by atoms with van der Waals surface area (Å²) in [5, 5.41) is 3.18. The summed E-state index contributed by atoms with van der Waals surface area (Å²) in [5.41, 5.74) is 0.919. The third-order valence-corrected chi connectivity index (χ3v) is 4.26. The maximum absolute atomic E-state index is 12.3. The molecule has 0 aliphatic carbocycles. The molecule has 1 N–H and O–H groups in total. The quantitative estimate of drug-likeness (QED) is 0.929. The van der Waals surface area contributed by atoms with Crippen LogP contribution in [0.4, 0.5) is 5.82 Å². The lowest BCUT2D eigenvalue weighted by Crippen LogP contribution is -2.44. The Hall–Kier alpha value is -1.10. The largest absolute Gasteiger partial charge is 0.359 e. The first-order valence-electron chi connectivity index (χ1n) is 6.76. The van der Waals surface area contributed by atoms with Gasteiger partial charge in [0.05, 0.1) is 5.69 Å². The van der Waals surface area contributed by atoms with E-state index in [4.69, 9.17) is 0 Å². The van der Waals surface area contributed by atoms with E-state index >= 15 is 0 Å². The van der Waals surface area contributed by atoms with Gasteiger partial charge in [-0.15, -0.1) is 0 Å². The minimum absolute atomic E-state index is 0.169. The molecule has 0 radical (unpaired) electrons. The van der Waals surface area contributed by atoms with Gasteiger partial charge in [-0.2, -0.15) is 0 Å². The Balaban J connectivity index is 1.97. The van der Waals surface area contributed by atoms with E-state index in [1.165, 1.54) is 6.42 Å². The number of piperidine rings is 1. The number of nitrogens with one attached hydrogen (secondary N) is 1. The molecule has 0 aromatic carbocycles. The molecule has 1 atom stereocenters. The molecular weight excluding hydrogens is 306 g/mol. The molecule has 1 aliphatic rings. The van der Waals surface area contributed by atoms with Gasteiger partial charge in [0.15, 0.2) is 0 Å². The number of pyridine rings is 1. The number of nitrogens with zero attached hydrogens (tertiary/aromatic N) is 2. The van der Waals surface area contributed by atoms with Gasteiger partial charge in [-0.1, -0.05) is 0 Å². The first-order valence-corrected chi connectivity index (χ1v) is 7.55. The summed E-state index contributed by atoms with van der Waals surface area (Å²) in [6, 6.07) is 3.60. The SMILES string of the molecule is Cc1nc(NC(C)C(=O)N2CCCCC2)ccc1Br. The summed E-state index contributed by atoms with van der Waals surface area (Å²) in [5.74, 6) is 0.917. The molecule has 5 heteroatoms. The highest BCUT2D eigenvalue weighted by Gasteiger charge is 2.22. The molecule has 1 aromatic rings. The number of hydrogen-bond donors (Lipinski definition) is 1. The number of carbonyl (C=O) groups excluding carboxylic acids is 1. The van der Waals surface area contributed by atoms with Crippen LogP contribution in [0, 0.1) is 6.92 Å². The maximum atomic E-state index is 12.3. The average Bonchev–Trinajstić information content (AvgIpc) is 2.43. The third-order valence-electron chi connectivity index (χ3n) is 3.42. The van der Waals surface area contributed by atoms with Crippen LogP contribution in [0.5, 0.6) is 0 Å². The van der Waals surface area contributed by atoms with Crippen LogP contribution < -0.4 is 5.32 Å². The standard InChI is InChI=1S/C14H20BrN3O/c1-10-12(15)6-7-13(16-10)17-11(2)14(19)18-8-4-3-5-9-18/h6-7,11H,3-5,8-9H2,1-2H3,(H,16,17). The molecule has 1 aliphatic heterocycles. The van der Waals surface area contributed by atoms with Crippen molar-refractivity contribution in [2.24, 2.45) is 0 Å². The number of amides is 1. The third kappa shape index (κ3) is 3.69. The molecule has 1 saturated heterocycles. The van der Waals surface area contributed by atoms with E-state index in [0.717, 1.165) is 41.9 Å². The smallest absolute Gasteiger partial charge is 0.244 e.